The number of hydrogen-bond acceptors (Lipinski definition) is 3. The molecule has 0 aromatic heterocycles. The molecular weight excluding hydrogens is 278 g/mol. The highest BCUT2D eigenvalue weighted by molar-refractivity contribution is 5.78. The number of benzene rings is 1. The van der Waals surface area contributed by atoms with E-state index in [0.717, 1.165) is 5.56 Å². The number of nitrogens with one attached hydrogen (secondary N) is 1. The molecule has 0 aliphatic heterocycles. The normalized spacial score (nSPS) is 12.3. The number of likely N-dealkylation sites (N-methyl/N-ethyl adjacent to an activating group) is 1. The number of alkyl halides is 2. The van der Waals surface area contributed by atoms with Crippen molar-refractivity contribution in [2.45, 2.75) is 33.4 Å². The molecule has 0 spiro atoms. The van der Waals surface area contributed by atoms with Crippen molar-refractivity contribution < 1.29 is 18.3 Å². The lowest BCUT2D eigenvalue weighted by atomic mass is 10.1. The number of rotatable bonds is 8. The lowest BCUT2D eigenvalue weighted by molar-refractivity contribution is -0.129. The van der Waals surface area contributed by atoms with E-state index in [1.54, 1.807) is 17.0 Å². The van der Waals surface area contributed by atoms with Crippen LogP contribution in [0.1, 0.15) is 32.4 Å². The van der Waals surface area contributed by atoms with Crippen molar-refractivity contribution in [2.24, 2.45) is 0 Å². The van der Waals surface area contributed by atoms with Crippen molar-refractivity contribution in [3.05, 3.63) is 29.8 Å². The Morgan fingerprint density at radius 3 is 2.29 bits per heavy atom. The minimum atomic E-state index is -2.82. The van der Waals surface area contributed by atoms with Gasteiger partial charge in [0.15, 0.2) is 0 Å². The van der Waals surface area contributed by atoms with Gasteiger partial charge in [0, 0.05) is 19.1 Å². The van der Waals surface area contributed by atoms with Crippen LogP contribution in [0.4, 0.5) is 8.78 Å². The lowest BCUT2D eigenvalue weighted by Crippen LogP contribution is -2.38. The first-order valence-corrected chi connectivity index (χ1v) is 7.03. The molecule has 0 fully saturated rings. The van der Waals surface area contributed by atoms with Gasteiger partial charge in [0.2, 0.25) is 5.91 Å². The quantitative estimate of drug-likeness (QED) is 0.802. The summed E-state index contributed by atoms with van der Waals surface area (Å²) < 4.78 is 28.4. The third kappa shape index (κ3) is 5.67. The predicted octanol–water partition coefficient (Wildman–Crippen LogP) is 2.81. The van der Waals surface area contributed by atoms with Crippen LogP contribution >= 0.6 is 0 Å². The first-order chi connectivity index (χ1) is 9.97. The number of amides is 1. The molecule has 0 saturated carbocycles. The van der Waals surface area contributed by atoms with Crippen LogP contribution in [0.2, 0.25) is 0 Å². The number of nitrogens with zero attached hydrogens (tertiary/aromatic N) is 1. The molecule has 1 amide bonds. The van der Waals surface area contributed by atoms with Crippen molar-refractivity contribution in [1.82, 2.24) is 10.2 Å². The Morgan fingerprint density at radius 2 is 1.81 bits per heavy atom. The summed E-state index contributed by atoms with van der Waals surface area (Å²) in [5.41, 5.74) is 0.906. The second-order valence-electron chi connectivity index (χ2n) is 4.62. The molecule has 0 aliphatic rings. The van der Waals surface area contributed by atoms with Crippen LogP contribution in [0, 0.1) is 0 Å². The zero-order valence-electron chi connectivity index (χ0n) is 12.6. The Hall–Kier alpha value is -1.69. The van der Waals surface area contributed by atoms with Crippen molar-refractivity contribution in [2.75, 3.05) is 19.6 Å². The molecule has 1 rings (SSSR count). The van der Waals surface area contributed by atoms with E-state index >= 15 is 0 Å². The SMILES string of the molecule is CCN(CC)C(=O)CNC(C)c1ccc(OC(F)F)cc1. The van der Waals surface area contributed by atoms with Crippen molar-refractivity contribution >= 4 is 5.91 Å². The van der Waals surface area contributed by atoms with Gasteiger partial charge < -0.3 is 15.0 Å². The van der Waals surface area contributed by atoms with E-state index in [0.29, 0.717) is 13.1 Å². The van der Waals surface area contributed by atoms with Gasteiger partial charge in [0.25, 0.3) is 0 Å². The number of carbonyl (C=O) groups excluding carboxylic acids is 1. The molecule has 0 aliphatic carbocycles. The second kappa shape index (κ2) is 8.56. The summed E-state index contributed by atoms with van der Waals surface area (Å²) in [6, 6.07) is 6.34. The fraction of sp³-hybridized carbons (Fsp3) is 0.533. The molecule has 0 heterocycles. The highest BCUT2D eigenvalue weighted by Gasteiger charge is 2.12. The molecule has 6 heteroatoms. The number of halogens is 2. The minimum absolute atomic E-state index is 0.0458. The molecule has 0 bridgehead atoms. The van der Waals surface area contributed by atoms with Crippen LogP contribution in [-0.2, 0) is 4.79 Å². The zero-order chi connectivity index (χ0) is 15.8. The molecule has 1 N–H and O–H groups in total. The van der Waals surface area contributed by atoms with Gasteiger partial charge in [-0.05, 0) is 38.5 Å². The van der Waals surface area contributed by atoms with Gasteiger partial charge in [-0.2, -0.15) is 8.78 Å². The van der Waals surface area contributed by atoms with Gasteiger partial charge >= 0.3 is 6.61 Å². The summed E-state index contributed by atoms with van der Waals surface area (Å²) in [4.78, 5) is 13.6. The Balaban J connectivity index is 2.52. The Morgan fingerprint density at radius 1 is 1.24 bits per heavy atom. The summed E-state index contributed by atoms with van der Waals surface area (Å²) in [5, 5.41) is 3.13. The first kappa shape index (κ1) is 17.4. The van der Waals surface area contributed by atoms with Gasteiger partial charge in [-0.25, -0.2) is 0 Å². The maximum absolute atomic E-state index is 12.1. The topological polar surface area (TPSA) is 41.6 Å². The molecule has 1 aromatic rings. The van der Waals surface area contributed by atoms with Gasteiger partial charge in [-0.15, -0.1) is 0 Å². The Kier molecular flexibility index (Phi) is 7.08. The van der Waals surface area contributed by atoms with Crippen molar-refractivity contribution in [3.8, 4) is 5.75 Å². The van der Waals surface area contributed by atoms with Crippen LogP contribution in [0.3, 0.4) is 0 Å². The molecule has 0 radical (unpaired) electrons. The van der Waals surface area contributed by atoms with E-state index in [2.05, 4.69) is 10.1 Å². The maximum Gasteiger partial charge on any atom is 0.387 e. The van der Waals surface area contributed by atoms with Crippen LogP contribution in [0.5, 0.6) is 5.75 Å². The number of ether oxygens (including phenoxy) is 1. The molecule has 1 atom stereocenters. The molecule has 21 heavy (non-hydrogen) atoms. The molecule has 4 nitrogen and oxygen atoms in total. The van der Waals surface area contributed by atoms with Crippen LogP contribution in [0.15, 0.2) is 24.3 Å². The fourth-order valence-electron chi connectivity index (χ4n) is 1.98. The van der Waals surface area contributed by atoms with Gasteiger partial charge in [0.05, 0.1) is 6.54 Å². The Bertz CT molecular complexity index is 434. The van der Waals surface area contributed by atoms with Crippen LogP contribution < -0.4 is 10.1 Å². The van der Waals surface area contributed by atoms with Crippen LogP contribution in [-0.4, -0.2) is 37.1 Å². The van der Waals surface area contributed by atoms with Crippen molar-refractivity contribution in [3.63, 3.8) is 0 Å². The van der Waals surface area contributed by atoms with Gasteiger partial charge in [0.1, 0.15) is 5.75 Å². The van der Waals surface area contributed by atoms with E-state index in [1.165, 1.54) is 12.1 Å². The predicted molar refractivity (Wildman–Crippen MR) is 77.4 cm³/mol. The minimum Gasteiger partial charge on any atom is -0.435 e. The monoisotopic (exact) mass is 300 g/mol. The first-order valence-electron chi connectivity index (χ1n) is 7.03. The summed E-state index contributed by atoms with van der Waals surface area (Å²) in [6.45, 7) is 4.59. The lowest BCUT2D eigenvalue weighted by Gasteiger charge is -2.21. The smallest absolute Gasteiger partial charge is 0.387 e. The van der Waals surface area contributed by atoms with Gasteiger partial charge in [-0.1, -0.05) is 12.1 Å². The standard InChI is InChI=1S/C15H22F2N2O2/c1-4-19(5-2)14(20)10-18-11(3)12-6-8-13(9-7-12)21-15(16)17/h6-9,11,15,18H,4-5,10H2,1-3H3. The molecule has 1 unspecified atom stereocenters. The average Bonchev–Trinajstić information content (AvgIpc) is 2.46. The van der Waals surface area contributed by atoms with E-state index < -0.39 is 6.61 Å². The number of hydrogen-bond donors (Lipinski definition) is 1. The summed E-state index contributed by atoms with van der Waals surface area (Å²) in [7, 11) is 0. The molecule has 118 valence electrons. The molecular formula is C15H22F2N2O2. The fourth-order valence-corrected chi connectivity index (χ4v) is 1.98. The number of carbonyl (C=O) groups is 1. The average molecular weight is 300 g/mol. The Labute approximate surface area is 124 Å². The zero-order valence-corrected chi connectivity index (χ0v) is 12.6. The second-order valence-corrected chi connectivity index (χ2v) is 4.62. The third-order valence-corrected chi connectivity index (χ3v) is 3.28. The summed E-state index contributed by atoms with van der Waals surface area (Å²) in [6.07, 6.45) is 0. The highest BCUT2D eigenvalue weighted by atomic mass is 19.3. The van der Waals surface area contributed by atoms with E-state index in [4.69, 9.17) is 0 Å². The largest absolute Gasteiger partial charge is 0.435 e. The third-order valence-electron chi connectivity index (χ3n) is 3.28. The summed E-state index contributed by atoms with van der Waals surface area (Å²) in [5.74, 6) is 0.171. The van der Waals surface area contributed by atoms with E-state index in [1.807, 2.05) is 20.8 Å². The molecule has 1 aromatic carbocycles. The maximum atomic E-state index is 12.1. The van der Waals surface area contributed by atoms with Crippen LogP contribution in [0.25, 0.3) is 0 Å². The van der Waals surface area contributed by atoms with Gasteiger partial charge in [-0.3, -0.25) is 4.79 Å². The highest BCUT2D eigenvalue weighted by Crippen LogP contribution is 2.19. The van der Waals surface area contributed by atoms with Crippen molar-refractivity contribution in [1.29, 1.82) is 0 Å². The van der Waals surface area contributed by atoms with E-state index in [-0.39, 0.29) is 24.2 Å². The summed E-state index contributed by atoms with van der Waals surface area (Å²) >= 11 is 0. The van der Waals surface area contributed by atoms with E-state index in [9.17, 15) is 13.6 Å². The molecule has 0 saturated heterocycles.